The maximum Gasteiger partial charge on any atom is 0.354 e. The summed E-state index contributed by atoms with van der Waals surface area (Å²) in [7, 11) is 4.15. The highest BCUT2D eigenvalue weighted by Crippen LogP contribution is 2.47. The third kappa shape index (κ3) is 3.70. The van der Waals surface area contributed by atoms with Crippen molar-refractivity contribution < 1.29 is 34.0 Å². The van der Waals surface area contributed by atoms with Crippen LogP contribution in [0.2, 0.25) is 0 Å². The van der Waals surface area contributed by atoms with Gasteiger partial charge in [0.2, 0.25) is 11.5 Å². The van der Waals surface area contributed by atoms with Crippen molar-refractivity contribution in [1.29, 1.82) is 0 Å². The second kappa shape index (κ2) is 9.10. The number of nitrogens with zero attached hydrogens (tertiary/aromatic N) is 2. The van der Waals surface area contributed by atoms with E-state index >= 15 is 0 Å². The fourth-order valence-electron chi connectivity index (χ4n) is 4.28. The number of ketones is 1. The van der Waals surface area contributed by atoms with Gasteiger partial charge in [-0.15, -0.1) is 0 Å². The van der Waals surface area contributed by atoms with Gasteiger partial charge < -0.3 is 35.9 Å². The van der Waals surface area contributed by atoms with Crippen molar-refractivity contribution in [3.63, 3.8) is 0 Å². The maximum absolute atomic E-state index is 12.7. The van der Waals surface area contributed by atoms with Gasteiger partial charge in [-0.05, 0) is 36.8 Å². The monoisotopic (exact) mass is 492 g/mol. The summed E-state index contributed by atoms with van der Waals surface area (Å²) in [6, 6.07) is 6.17. The zero-order valence-electron chi connectivity index (χ0n) is 20.0. The third-order valence-electron chi connectivity index (χ3n) is 5.99. The van der Waals surface area contributed by atoms with Crippen LogP contribution in [0.1, 0.15) is 32.1 Å². The lowest BCUT2D eigenvalue weighted by molar-refractivity contribution is 0.0689. The van der Waals surface area contributed by atoms with Crippen LogP contribution in [0.5, 0.6) is 17.2 Å². The summed E-state index contributed by atoms with van der Waals surface area (Å²) < 4.78 is 15.6. The van der Waals surface area contributed by atoms with Gasteiger partial charge >= 0.3 is 5.97 Å². The second-order valence-electron chi connectivity index (χ2n) is 7.98. The Kier molecular flexibility index (Phi) is 6.15. The Bertz CT molecular complexity index is 1460. The van der Waals surface area contributed by atoms with Gasteiger partial charge in [-0.1, -0.05) is 0 Å². The van der Waals surface area contributed by atoms with Gasteiger partial charge in [-0.25, -0.2) is 14.8 Å². The number of Topliss-reactive ketones (excluding diaryl/α,β-unsaturated/α-hetero) is 1. The van der Waals surface area contributed by atoms with Gasteiger partial charge in [0.05, 0.1) is 44.1 Å². The predicted molar refractivity (Wildman–Crippen MR) is 130 cm³/mol. The lowest BCUT2D eigenvalue weighted by Crippen LogP contribution is -2.23. The number of nitrogens with two attached hydrogens (primary N) is 2. The summed E-state index contributed by atoms with van der Waals surface area (Å²) in [6.07, 6.45) is 0.152. The number of methoxy groups -OCH3 is 3. The molecular weight excluding hydrogens is 468 g/mol. The molecule has 0 spiro atoms. The molecule has 2 heterocycles. The highest BCUT2D eigenvalue weighted by molar-refractivity contribution is 6.10. The van der Waals surface area contributed by atoms with E-state index < -0.39 is 11.8 Å². The Labute approximate surface area is 206 Å². The summed E-state index contributed by atoms with van der Waals surface area (Å²) in [6.45, 7) is 1.54. The molecule has 11 nitrogen and oxygen atoms in total. The first-order chi connectivity index (χ1) is 17.1. The zero-order chi connectivity index (χ0) is 26.3. The number of rotatable bonds is 6. The topological polar surface area (TPSA) is 180 Å². The van der Waals surface area contributed by atoms with E-state index in [2.05, 4.69) is 9.97 Å². The average Bonchev–Trinajstić information content (AvgIpc) is 2.84. The van der Waals surface area contributed by atoms with E-state index in [1.165, 1.54) is 27.4 Å². The normalized spacial score (nSPS) is 12.8. The van der Waals surface area contributed by atoms with Crippen LogP contribution >= 0.6 is 0 Å². The number of aromatic carboxylic acids is 1. The Balaban J connectivity index is 1.97. The number of pyridine rings is 2. The molecule has 11 heteroatoms. The number of phenols is 1. The SMILES string of the molecule is COC1=C(N)Cc2nc(-c3nc(C(=O)O)c(C)c(-c4ccc(OC)c(OC)c4O)c3N)ccc2C1=O. The molecule has 0 unspecified atom stereocenters. The molecule has 1 aliphatic rings. The first-order valence-electron chi connectivity index (χ1n) is 10.7. The van der Waals surface area contributed by atoms with Crippen molar-refractivity contribution in [2.45, 2.75) is 13.3 Å². The van der Waals surface area contributed by atoms with Crippen LogP contribution in [0.25, 0.3) is 22.5 Å². The van der Waals surface area contributed by atoms with Crippen molar-refractivity contribution in [2.75, 3.05) is 27.1 Å². The largest absolute Gasteiger partial charge is 0.504 e. The molecule has 0 aliphatic heterocycles. The zero-order valence-corrected chi connectivity index (χ0v) is 20.0. The number of nitrogen functional groups attached to an aromatic ring is 1. The molecule has 4 rings (SSSR count). The number of carboxylic acids is 1. The van der Waals surface area contributed by atoms with Crippen molar-refractivity contribution in [2.24, 2.45) is 5.73 Å². The van der Waals surface area contributed by atoms with Crippen molar-refractivity contribution in [1.82, 2.24) is 9.97 Å². The van der Waals surface area contributed by atoms with Gasteiger partial charge in [-0.2, -0.15) is 0 Å². The van der Waals surface area contributed by atoms with Crippen LogP contribution < -0.4 is 20.9 Å². The first kappa shape index (κ1) is 24.3. The molecule has 2 aromatic heterocycles. The number of hydrogen-bond acceptors (Lipinski definition) is 10. The molecule has 1 aliphatic carbocycles. The molecule has 0 atom stereocenters. The smallest absolute Gasteiger partial charge is 0.354 e. The number of aromatic hydroxyl groups is 1. The molecule has 0 radical (unpaired) electrons. The number of hydrogen-bond donors (Lipinski definition) is 4. The summed E-state index contributed by atoms with van der Waals surface area (Å²) in [5.74, 6) is -1.57. The number of fused-ring (bicyclic) bond motifs is 1. The summed E-state index contributed by atoms with van der Waals surface area (Å²) in [5.41, 5.74) is 14.2. The standard InChI is InChI=1S/C25H24N4O7/c1-10-17(12-6-8-16(34-2)24(36-4)22(12)31)18(27)20(29-19(10)25(32)33)14-7-5-11-15(28-14)9-13(26)23(35-3)21(11)30/h5-8,31H,9,26-27H2,1-4H3,(H,32,33). The van der Waals surface area contributed by atoms with E-state index in [-0.39, 0.29) is 74.6 Å². The fraction of sp³-hybridized carbons (Fsp3) is 0.200. The number of carbonyl (C=O) groups is 2. The van der Waals surface area contributed by atoms with Gasteiger partial charge in [-0.3, -0.25) is 4.79 Å². The third-order valence-corrected chi connectivity index (χ3v) is 5.99. The molecule has 0 saturated heterocycles. The Hall–Kier alpha value is -4.80. The number of phenolic OH excluding ortho intramolecular Hbond substituents is 1. The molecule has 6 N–H and O–H groups in total. The highest BCUT2D eigenvalue weighted by atomic mass is 16.5. The number of carbonyl (C=O) groups excluding carboxylic acids is 1. The number of ether oxygens (including phenoxy) is 3. The molecule has 1 aromatic carbocycles. The van der Waals surface area contributed by atoms with Crippen LogP contribution in [0.15, 0.2) is 35.7 Å². The van der Waals surface area contributed by atoms with Crippen LogP contribution in [0.4, 0.5) is 5.69 Å². The van der Waals surface area contributed by atoms with Crippen molar-refractivity contribution in [3.05, 3.63) is 58.2 Å². The van der Waals surface area contributed by atoms with Crippen molar-refractivity contribution in [3.8, 4) is 39.8 Å². The van der Waals surface area contributed by atoms with Gasteiger partial charge in [0.15, 0.2) is 23.0 Å². The van der Waals surface area contributed by atoms with Crippen LogP contribution in [0, 0.1) is 6.92 Å². The molecule has 0 amide bonds. The van der Waals surface area contributed by atoms with Gasteiger partial charge in [0, 0.05) is 23.1 Å². The predicted octanol–water partition coefficient (Wildman–Crippen LogP) is 2.68. The lowest BCUT2D eigenvalue weighted by Gasteiger charge is -2.20. The minimum atomic E-state index is -1.29. The maximum atomic E-state index is 12.7. The average molecular weight is 492 g/mol. The van der Waals surface area contributed by atoms with Crippen LogP contribution in [-0.2, 0) is 11.2 Å². The molecule has 186 valence electrons. The molecule has 0 bridgehead atoms. The lowest BCUT2D eigenvalue weighted by atomic mass is 9.93. The molecule has 0 fully saturated rings. The van der Waals surface area contributed by atoms with Crippen LogP contribution in [0.3, 0.4) is 0 Å². The first-order valence-corrected chi connectivity index (χ1v) is 10.7. The minimum Gasteiger partial charge on any atom is -0.504 e. The Morgan fingerprint density at radius 3 is 2.31 bits per heavy atom. The highest BCUT2D eigenvalue weighted by Gasteiger charge is 2.29. The van der Waals surface area contributed by atoms with E-state index in [4.69, 9.17) is 25.7 Å². The Morgan fingerprint density at radius 1 is 1.00 bits per heavy atom. The summed E-state index contributed by atoms with van der Waals surface area (Å²) in [4.78, 5) is 33.6. The van der Waals surface area contributed by atoms with Gasteiger partial charge in [0.1, 0.15) is 5.69 Å². The quantitative estimate of drug-likeness (QED) is 0.397. The van der Waals surface area contributed by atoms with E-state index in [1.807, 2.05) is 0 Å². The van der Waals surface area contributed by atoms with Crippen molar-refractivity contribution >= 4 is 17.4 Å². The Morgan fingerprint density at radius 2 is 1.69 bits per heavy atom. The number of allylic oxidation sites excluding steroid dienone is 2. The number of anilines is 1. The van der Waals surface area contributed by atoms with E-state index in [9.17, 15) is 19.8 Å². The summed E-state index contributed by atoms with van der Waals surface area (Å²) >= 11 is 0. The number of aromatic nitrogens is 2. The number of benzene rings is 1. The molecular formula is C25H24N4O7. The van der Waals surface area contributed by atoms with Gasteiger partial charge in [0.25, 0.3) is 0 Å². The molecule has 36 heavy (non-hydrogen) atoms. The fourth-order valence-corrected chi connectivity index (χ4v) is 4.28. The minimum absolute atomic E-state index is 0.0596. The second-order valence-corrected chi connectivity index (χ2v) is 7.98. The van der Waals surface area contributed by atoms with E-state index in [0.717, 1.165) is 0 Å². The number of carboxylic acid groups (broad SMARTS) is 1. The van der Waals surface area contributed by atoms with E-state index in [0.29, 0.717) is 11.3 Å². The van der Waals surface area contributed by atoms with Crippen LogP contribution in [-0.4, -0.2) is 53.3 Å². The summed E-state index contributed by atoms with van der Waals surface area (Å²) in [5, 5.41) is 20.8. The van der Waals surface area contributed by atoms with E-state index in [1.54, 1.807) is 25.1 Å². The molecule has 0 saturated carbocycles. The molecule has 3 aromatic rings.